The first-order valence-corrected chi connectivity index (χ1v) is 7.18. The molecule has 2 nitrogen and oxygen atoms in total. The van der Waals surface area contributed by atoms with Crippen LogP contribution in [0.15, 0.2) is 24.3 Å². The summed E-state index contributed by atoms with van der Waals surface area (Å²) < 4.78 is 5.04. The van der Waals surface area contributed by atoms with Gasteiger partial charge in [0.2, 0.25) is 0 Å². The molecule has 0 heterocycles. The summed E-state index contributed by atoms with van der Waals surface area (Å²) in [6.07, 6.45) is 18.3. The van der Waals surface area contributed by atoms with E-state index in [4.69, 9.17) is 4.74 Å². The van der Waals surface area contributed by atoms with Crippen molar-refractivity contribution in [3.8, 4) is 0 Å². The van der Waals surface area contributed by atoms with Crippen molar-refractivity contribution in [2.45, 2.75) is 58.3 Å². The lowest BCUT2D eigenvalue weighted by Crippen LogP contribution is -2.29. The van der Waals surface area contributed by atoms with E-state index in [9.17, 15) is 4.79 Å². The molecule has 0 saturated heterocycles. The highest BCUT2D eigenvalue weighted by atomic mass is 16.5. The maximum absolute atomic E-state index is 10.4. The number of rotatable bonds is 8. The quantitative estimate of drug-likeness (QED) is 0.471. The smallest absolute Gasteiger partial charge is 0.293 e. The molecule has 0 unspecified atom stereocenters. The second-order valence-corrected chi connectivity index (χ2v) is 5.26. The zero-order valence-electron chi connectivity index (χ0n) is 11.6. The zero-order chi connectivity index (χ0) is 13.1. The molecule has 1 aliphatic carbocycles. The van der Waals surface area contributed by atoms with Crippen LogP contribution in [0.3, 0.4) is 0 Å². The van der Waals surface area contributed by atoms with E-state index in [0.717, 1.165) is 19.3 Å². The molecule has 0 aromatic rings. The van der Waals surface area contributed by atoms with Crippen molar-refractivity contribution in [2.24, 2.45) is 5.41 Å². The summed E-state index contributed by atoms with van der Waals surface area (Å²) in [5.74, 6) is 0. The fourth-order valence-corrected chi connectivity index (χ4v) is 2.69. The van der Waals surface area contributed by atoms with E-state index in [0.29, 0.717) is 13.1 Å². The maximum atomic E-state index is 10.4. The normalized spacial score (nSPS) is 19.4. The van der Waals surface area contributed by atoms with E-state index in [1.54, 1.807) is 0 Å². The second kappa shape index (κ2) is 8.96. The molecule has 1 rings (SSSR count). The van der Waals surface area contributed by atoms with Gasteiger partial charge in [0, 0.05) is 5.41 Å². The SMILES string of the molecule is CC/C=C/C/C=C/CC1(COC=O)CCCCC1. The largest absolute Gasteiger partial charge is 0.467 e. The molecule has 1 aliphatic rings. The summed E-state index contributed by atoms with van der Waals surface area (Å²) in [4.78, 5) is 10.4. The van der Waals surface area contributed by atoms with Gasteiger partial charge in [-0.3, -0.25) is 4.79 Å². The molecular formula is C16H26O2. The van der Waals surface area contributed by atoms with E-state index in [-0.39, 0.29) is 5.41 Å². The summed E-state index contributed by atoms with van der Waals surface area (Å²) in [6.45, 7) is 3.32. The second-order valence-electron chi connectivity index (χ2n) is 5.26. The van der Waals surface area contributed by atoms with Crippen molar-refractivity contribution in [1.29, 1.82) is 0 Å². The summed E-state index contributed by atoms with van der Waals surface area (Å²) in [6, 6.07) is 0. The molecule has 0 bridgehead atoms. The first-order chi connectivity index (χ1) is 8.83. The topological polar surface area (TPSA) is 26.3 Å². The van der Waals surface area contributed by atoms with Gasteiger partial charge in [0.15, 0.2) is 0 Å². The molecule has 0 aromatic carbocycles. The predicted octanol–water partition coefficient (Wildman–Crippen LogP) is 4.41. The van der Waals surface area contributed by atoms with E-state index >= 15 is 0 Å². The Labute approximate surface area is 111 Å². The zero-order valence-corrected chi connectivity index (χ0v) is 11.6. The Morgan fingerprint density at radius 1 is 1.06 bits per heavy atom. The van der Waals surface area contributed by atoms with Crippen LogP contribution >= 0.6 is 0 Å². The van der Waals surface area contributed by atoms with Gasteiger partial charge in [-0.2, -0.15) is 0 Å². The molecule has 0 N–H and O–H groups in total. The van der Waals surface area contributed by atoms with Gasteiger partial charge in [0.05, 0.1) is 6.61 Å². The highest BCUT2D eigenvalue weighted by Crippen LogP contribution is 2.39. The standard InChI is InChI=1S/C16H26O2/c1-2-3-4-5-6-8-11-16(14-18-15-17)12-9-7-10-13-16/h3-4,6,8,15H,2,5,7,9-14H2,1H3/b4-3+,8-6+. The number of carbonyl (C=O) groups is 1. The monoisotopic (exact) mass is 250 g/mol. The molecule has 1 saturated carbocycles. The first-order valence-electron chi connectivity index (χ1n) is 7.18. The van der Waals surface area contributed by atoms with Crippen molar-refractivity contribution in [1.82, 2.24) is 0 Å². The average Bonchev–Trinajstić information content (AvgIpc) is 2.42. The number of hydrogen-bond acceptors (Lipinski definition) is 2. The lowest BCUT2D eigenvalue weighted by Gasteiger charge is -2.35. The summed E-state index contributed by atoms with van der Waals surface area (Å²) >= 11 is 0. The van der Waals surface area contributed by atoms with Crippen molar-refractivity contribution in [3.63, 3.8) is 0 Å². The van der Waals surface area contributed by atoms with Gasteiger partial charge in [0.1, 0.15) is 0 Å². The fraction of sp³-hybridized carbons (Fsp3) is 0.688. The van der Waals surface area contributed by atoms with Crippen LogP contribution in [0.2, 0.25) is 0 Å². The Morgan fingerprint density at radius 3 is 2.44 bits per heavy atom. The van der Waals surface area contributed by atoms with E-state index in [1.807, 2.05) is 0 Å². The molecule has 0 radical (unpaired) electrons. The van der Waals surface area contributed by atoms with Crippen molar-refractivity contribution in [2.75, 3.05) is 6.61 Å². The van der Waals surface area contributed by atoms with Crippen LogP contribution in [0.5, 0.6) is 0 Å². The van der Waals surface area contributed by atoms with Gasteiger partial charge in [-0.25, -0.2) is 0 Å². The number of carbonyl (C=O) groups excluding carboxylic acids is 1. The lowest BCUT2D eigenvalue weighted by atomic mass is 9.72. The van der Waals surface area contributed by atoms with Crippen LogP contribution < -0.4 is 0 Å². The van der Waals surface area contributed by atoms with E-state index < -0.39 is 0 Å². The Balaban J connectivity index is 2.40. The molecule has 0 aliphatic heterocycles. The molecular weight excluding hydrogens is 224 g/mol. The average molecular weight is 250 g/mol. The third-order valence-electron chi connectivity index (χ3n) is 3.76. The Hall–Kier alpha value is -1.05. The lowest BCUT2D eigenvalue weighted by molar-refractivity contribution is -0.132. The minimum atomic E-state index is 0.212. The van der Waals surface area contributed by atoms with Crippen molar-refractivity contribution < 1.29 is 9.53 Å². The van der Waals surface area contributed by atoms with Crippen molar-refractivity contribution >= 4 is 6.47 Å². The third-order valence-corrected chi connectivity index (χ3v) is 3.76. The van der Waals surface area contributed by atoms with Gasteiger partial charge >= 0.3 is 0 Å². The van der Waals surface area contributed by atoms with Crippen LogP contribution in [-0.2, 0) is 9.53 Å². The summed E-state index contributed by atoms with van der Waals surface area (Å²) in [7, 11) is 0. The van der Waals surface area contributed by atoms with Crippen LogP contribution in [0.25, 0.3) is 0 Å². The van der Waals surface area contributed by atoms with Gasteiger partial charge in [0.25, 0.3) is 6.47 Å². The summed E-state index contributed by atoms with van der Waals surface area (Å²) in [5, 5.41) is 0. The minimum Gasteiger partial charge on any atom is -0.467 e. The minimum absolute atomic E-state index is 0.212. The molecule has 18 heavy (non-hydrogen) atoms. The van der Waals surface area contributed by atoms with E-state index in [2.05, 4.69) is 31.2 Å². The van der Waals surface area contributed by atoms with Gasteiger partial charge < -0.3 is 4.74 Å². The van der Waals surface area contributed by atoms with Crippen LogP contribution in [-0.4, -0.2) is 13.1 Å². The number of allylic oxidation sites excluding steroid dienone is 4. The number of ether oxygens (including phenoxy) is 1. The molecule has 1 fully saturated rings. The Kier molecular flexibility index (Phi) is 7.47. The highest BCUT2D eigenvalue weighted by molar-refractivity contribution is 5.37. The van der Waals surface area contributed by atoms with Gasteiger partial charge in [-0.15, -0.1) is 0 Å². The van der Waals surface area contributed by atoms with Gasteiger partial charge in [-0.05, 0) is 32.1 Å². The highest BCUT2D eigenvalue weighted by Gasteiger charge is 2.31. The molecule has 0 aromatic heterocycles. The molecule has 2 heteroatoms. The van der Waals surface area contributed by atoms with Crippen LogP contribution in [0.4, 0.5) is 0 Å². The molecule has 102 valence electrons. The fourth-order valence-electron chi connectivity index (χ4n) is 2.69. The third kappa shape index (κ3) is 5.52. The van der Waals surface area contributed by atoms with Crippen LogP contribution in [0.1, 0.15) is 58.3 Å². The van der Waals surface area contributed by atoms with E-state index in [1.165, 1.54) is 32.1 Å². The predicted molar refractivity (Wildman–Crippen MR) is 75.3 cm³/mol. The Bertz CT molecular complexity index is 273. The number of hydrogen-bond donors (Lipinski definition) is 0. The molecule has 0 spiro atoms. The molecule has 0 amide bonds. The Morgan fingerprint density at radius 2 is 1.78 bits per heavy atom. The van der Waals surface area contributed by atoms with Gasteiger partial charge in [-0.1, -0.05) is 50.5 Å². The maximum Gasteiger partial charge on any atom is 0.293 e. The first kappa shape index (κ1) is 15.0. The van der Waals surface area contributed by atoms with Crippen LogP contribution in [0, 0.1) is 5.41 Å². The van der Waals surface area contributed by atoms with Crippen molar-refractivity contribution in [3.05, 3.63) is 24.3 Å². The molecule has 0 atom stereocenters. The summed E-state index contributed by atoms with van der Waals surface area (Å²) in [5.41, 5.74) is 0.212.